The maximum Gasteiger partial charge on any atom is 0.0763 e. The third kappa shape index (κ3) is 3.35. The van der Waals surface area contributed by atoms with Gasteiger partial charge in [0.1, 0.15) is 0 Å². The Bertz CT molecular complexity index is 593. The Morgan fingerprint density at radius 1 is 1.30 bits per heavy atom. The highest BCUT2D eigenvalue weighted by Crippen LogP contribution is 2.30. The molecule has 0 amide bonds. The van der Waals surface area contributed by atoms with Gasteiger partial charge in [0.05, 0.1) is 17.4 Å². The van der Waals surface area contributed by atoms with Gasteiger partial charge in [0, 0.05) is 17.1 Å². The molecule has 108 valence electrons. The first-order valence-corrected chi connectivity index (χ1v) is 7.47. The topological polar surface area (TPSA) is 29.9 Å². The zero-order valence-electron chi connectivity index (χ0n) is 12.0. The molecule has 1 unspecified atom stereocenters. The second kappa shape index (κ2) is 6.61. The smallest absolute Gasteiger partial charge is 0.0763 e. The Hall–Kier alpha value is -1.03. The minimum Gasteiger partial charge on any atom is -0.305 e. The fourth-order valence-corrected chi connectivity index (χ4v) is 2.71. The standard InChI is InChI=1S/C15H19Cl2N3/c1-4-7-18-15(14-8-10(2)19-20(14)3)12-9-11(16)5-6-13(12)17/h5-6,8-9,15,18H,4,7H2,1-3H3. The third-order valence-electron chi connectivity index (χ3n) is 3.20. The molecule has 0 aliphatic rings. The van der Waals surface area contributed by atoms with Gasteiger partial charge in [0.2, 0.25) is 0 Å². The summed E-state index contributed by atoms with van der Waals surface area (Å²) in [5, 5.41) is 9.34. The minimum atomic E-state index is -0.00708. The van der Waals surface area contributed by atoms with Crippen LogP contribution in [0.4, 0.5) is 0 Å². The van der Waals surface area contributed by atoms with Crippen molar-refractivity contribution in [3.05, 3.63) is 51.3 Å². The lowest BCUT2D eigenvalue weighted by Gasteiger charge is -2.20. The summed E-state index contributed by atoms with van der Waals surface area (Å²) in [6.07, 6.45) is 1.05. The van der Waals surface area contributed by atoms with Crippen molar-refractivity contribution >= 4 is 23.2 Å². The van der Waals surface area contributed by atoms with Gasteiger partial charge in [0.25, 0.3) is 0 Å². The third-order valence-corrected chi connectivity index (χ3v) is 3.78. The van der Waals surface area contributed by atoms with Crippen molar-refractivity contribution in [1.29, 1.82) is 0 Å². The van der Waals surface area contributed by atoms with Crippen molar-refractivity contribution in [2.75, 3.05) is 6.54 Å². The van der Waals surface area contributed by atoms with Gasteiger partial charge in [-0.25, -0.2) is 0 Å². The first-order valence-electron chi connectivity index (χ1n) is 6.71. The fourth-order valence-electron chi connectivity index (χ4n) is 2.30. The van der Waals surface area contributed by atoms with E-state index in [4.69, 9.17) is 23.2 Å². The average molecular weight is 312 g/mol. The number of benzene rings is 1. The maximum absolute atomic E-state index is 6.35. The van der Waals surface area contributed by atoms with E-state index in [1.807, 2.05) is 30.8 Å². The normalized spacial score (nSPS) is 12.7. The highest BCUT2D eigenvalue weighted by molar-refractivity contribution is 6.33. The van der Waals surface area contributed by atoms with Crippen LogP contribution in [0.5, 0.6) is 0 Å². The second-order valence-electron chi connectivity index (χ2n) is 4.89. The Morgan fingerprint density at radius 3 is 2.65 bits per heavy atom. The van der Waals surface area contributed by atoms with Crippen molar-refractivity contribution in [2.45, 2.75) is 26.3 Å². The molecule has 0 bridgehead atoms. The number of halogens is 2. The molecule has 1 aromatic carbocycles. The van der Waals surface area contributed by atoms with Gasteiger partial charge in [-0.1, -0.05) is 30.1 Å². The van der Waals surface area contributed by atoms with Crippen LogP contribution in [0.2, 0.25) is 10.0 Å². The number of nitrogens with one attached hydrogen (secondary N) is 1. The molecule has 0 spiro atoms. The van der Waals surface area contributed by atoms with Gasteiger partial charge < -0.3 is 5.32 Å². The summed E-state index contributed by atoms with van der Waals surface area (Å²) in [5.41, 5.74) is 3.06. The van der Waals surface area contributed by atoms with Crippen LogP contribution in [0.15, 0.2) is 24.3 Å². The molecule has 0 aliphatic carbocycles. The van der Waals surface area contributed by atoms with E-state index in [1.54, 1.807) is 6.07 Å². The molecule has 1 atom stereocenters. The lowest BCUT2D eigenvalue weighted by Crippen LogP contribution is -2.25. The van der Waals surface area contributed by atoms with Crippen LogP contribution < -0.4 is 5.32 Å². The summed E-state index contributed by atoms with van der Waals surface area (Å²) in [7, 11) is 1.95. The van der Waals surface area contributed by atoms with E-state index in [0.717, 1.165) is 29.9 Å². The Balaban J connectivity index is 2.46. The summed E-state index contributed by atoms with van der Waals surface area (Å²) in [6.45, 7) is 5.02. The Morgan fingerprint density at radius 2 is 2.05 bits per heavy atom. The van der Waals surface area contributed by atoms with Gasteiger partial charge in [0.15, 0.2) is 0 Å². The number of hydrogen-bond donors (Lipinski definition) is 1. The number of hydrogen-bond acceptors (Lipinski definition) is 2. The lowest BCUT2D eigenvalue weighted by atomic mass is 10.0. The maximum atomic E-state index is 6.35. The molecule has 0 aliphatic heterocycles. The SMILES string of the molecule is CCCNC(c1cc(Cl)ccc1Cl)c1cc(C)nn1C. The van der Waals surface area contributed by atoms with E-state index in [0.29, 0.717) is 10.0 Å². The fraction of sp³-hybridized carbons (Fsp3) is 0.400. The molecule has 1 heterocycles. The van der Waals surface area contributed by atoms with Crippen LogP contribution in [0, 0.1) is 6.92 Å². The summed E-state index contributed by atoms with van der Waals surface area (Å²) in [5.74, 6) is 0. The molecule has 0 saturated carbocycles. The zero-order valence-corrected chi connectivity index (χ0v) is 13.5. The first-order chi connectivity index (χ1) is 9.52. The molecule has 1 N–H and O–H groups in total. The van der Waals surface area contributed by atoms with Crippen LogP contribution in [-0.2, 0) is 7.05 Å². The molecule has 1 aromatic heterocycles. The van der Waals surface area contributed by atoms with Gasteiger partial charge in [-0.2, -0.15) is 5.10 Å². The summed E-state index contributed by atoms with van der Waals surface area (Å²) >= 11 is 12.5. The molecule has 20 heavy (non-hydrogen) atoms. The molecular weight excluding hydrogens is 293 g/mol. The quantitative estimate of drug-likeness (QED) is 0.900. The van der Waals surface area contributed by atoms with Crippen molar-refractivity contribution in [2.24, 2.45) is 7.05 Å². The van der Waals surface area contributed by atoms with Crippen molar-refractivity contribution in [3.63, 3.8) is 0 Å². The second-order valence-corrected chi connectivity index (χ2v) is 5.73. The predicted octanol–water partition coefficient (Wildman–Crippen LogP) is 4.12. The lowest BCUT2D eigenvalue weighted by molar-refractivity contribution is 0.553. The molecule has 5 heteroatoms. The molecule has 0 fully saturated rings. The van der Waals surface area contributed by atoms with Crippen LogP contribution in [0.1, 0.15) is 36.3 Å². The van der Waals surface area contributed by atoms with Crippen molar-refractivity contribution in [1.82, 2.24) is 15.1 Å². The van der Waals surface area contributed by atoms with Crippen LogP contribution in [0.25, 0.3) is 0 Å². The molecule has 2 aromatic rings. The van der Waals surface area contributed by atoms with Crippen LogP contribution in [-0.4, -0.2) is 16.3 Å². The van der Waals surface area contributed by atoms with Gasteiger partial charge in [-0.3, -0.25) is 4.68 Å². The minimum absolute atomic E-state index is 0.00708. The number of aromatic nitrogens is 2. The number of aryl methyl sites for hydroxylation is 2. The highest BCUT2D eigenvalue weighted by atomic mass is 35.5. The van der Waals surface area contributed by atoms with Crippen molar-refractivity contribution in [3.8, 4) is 0 Å². The summed E-state index contributed by atoms with van der Waals surface area (Å²) in [4.78, 5) is 0. The summed E-state index contributed by atoms with van der Waals surface area (Å²) in [6, 6.07) is 7.62. The zero-order chi connectivity index (χ0) is 14.7. The molecule has 0 radical (unpaired) electrons. The molecular formula is C15H19Cl2N3. The van der Waals surface area contributed by atoms with E-state index < -0.39 is 0 Å². The highest BCUT2D eigenvalue weighted by Gasteiger charge is 2.20. The van der Waals surface area contributed by atoms with E-state index >= 15 is 0 Å². The van der Waals surface area contributed by atoms with Gasteiger partial charge in [-0.05, 0) is 49.7 Å². The van der Waals surface area contributed by atoms with E-state index in [2.05, 4.69) is 23.4 Å². The van der Waals surface area contributed by atoms with E-state index in [-0.39, 0.29) is 6.04 Å². The monoisotopic (exact) mass is 311 g/mol. The number of rotatable bonds is 5. The first kappa shape index (κ1) is 15.4. The van der Waals surface area contributed by atoms with Gasteiger partial charge >= 0.3 is 0 Å². The largest absolute Gasteiger partial charge is 0.305 e. The summed E-state index contributed by atoms with van der Waals surface area (Å²) < 4.78 is 1.89. The molecule has 3 nitrogen and oxygen atoms in total. The van der Waals surface area contributed by atoms with Gasteiger partial charge in [-0.15, -0.1) is 0 Å². The van der Waals surface area contributed by atoms with Crippen LogP contribution in [0.3, 0.4) is 0 Å². The van der Waals surface area contributed by atoms with Crippen molar-refractivity contribution < 1.29 is 0 Å². The van der Waals surface area contributed by atoms with E-state index in [1.165, 1.54) is 0 Å². The van der Waals surface area contributed by atoms with E-state index in [9.17, 15) is 0 Å². The average Bonchev–Trinajstić information content (AvgIpc) is 2.73. The Kier molecular flexibility index (Phi) is 5.08. The molecule has 2 rings (SSSR count). The Labute approximate surface area is 129 Å². The molecule has 0 saturated heterocycles. The number of nitrogens with zero attached hydrogens (tertiary/aromatic N) is 2. The predicted molar refractivity (Wildman–Crippen MR) is 84.5 cm³/mol. The van der Waals surface area contributed by atoms with Crippen LogP contribution >= 0.6 is 23.2 Å².